The summed E-state index contributed by atoms with van der Waals surface area (Å²) in [7, 11) is 0. The van der Waals surface area contributed by atoms with E-state index in [1.54, 1.807) is 0 Å². The molecule has 2 rings (SSSR count). The Labute approximate surface area is 140 Å². The predicted molar refractivity (Wildman–Crippen MR) is 76.8 cm³/mol. The molecule has 0 bridgehead atoms. The van der Waals surface area contributed by atoms with Gasteiger partial charge in [0.1, 0.15) is 5.75 Å². The lowest BCUT2D eigenvalue weighted by atomic mass is 9.85. The van der Waals surface area contributed by atoms with Crippen LogP contribution < -0.4 is 10.1 Å². The first kappa shape index (κ1) is 19.4. The highest BCUT2D eigenvalue weighted by Crippen LogP contribution is 2.37. The van der Waals surface area contributed by atoms with Gasteiger partial charge in [-0.3, -0.25) is 4.79 Å². The van der Waals surface area contributed by atoms with E-state index < -0.39 is 36.2 Å². The zero-order valence-corrected chi connectivity index (χ0v) is 13.1. The molecule has 1 aromatic rings. The van der Waals surface area contributed by atoms with Gasteiger partial charge in [0.05, 0.1) is 12.3 Å². The fraction of sp³-hybridized carbons (Fsp3) is 0.562. The smallest absolute Gasteiger partial charge is 0.406 e. The number of rotatable bonds is 4. The number of hydrogen-bond donors (Lipinski definition) is 1. The third kappa shape index (κ3) is 6.47. The van der Waals surface area contributed by atoms with Gasteiger partial charge in [0.25, 0.3) is 0 Å². The maximum absolute atomic E-state index is 12.7. The third-order valence-electron chi connectivity index (χ3n) is 4.02. The highest BCUT2D eigenvalue weighted by Gasteiger charge is 2.42. The van der Waals surface area contributed by atoms with Crippen molar-refractivity contribution in [1.82, 2.24) is 5.32 Å². The maximum Gasteiger partial charge on any atom is 0.573 e. The van der Waals surface area contributed by atoms with Crippen LogP contribution in [0.3, 0.4) is 0 Å². The number of amides is 1. The zero-order valence-electron chi connectivity index (χ0n) is 13.1. The summed E-state index contributed by atoms with van der Waals surface area (Å²) in [4.78, 5) is 11.9. The standard InChI is InChI=1S/C16H17F6NO2/c17-15(18,19)11-2-1-3-12(9-11)23-14(24)8-10-4-6-13(7-5-10)25-16(20,21)22/h4-7,11-12H,1-3,8-9H2,(H,23,24)/t11-,12-/m0/s1. The highest BCUT2D eigenvalue weighted by molar-refractivity contribution is 5.78. The summed E-state index contributed by atoms with van der Waals surface area (Å²) < 4.78 is 78.2. The molecule has 0 heterocycles. The van der Waals surface area contributed by atoms with Crippen molar-refractivity contribution in [2.75, 3.05) is 0 Å². The van der Waals surface area contributed by atoms with Crippen LogP contribution in [-0.2, 0) is 11.2 Å². The predicted octanol–water partition coefficient (Wildman–Crippen LogP) is 4.37. The van der Waals surface area contributed by atoms with Gasteiger partial charge in [0, 0.05) is 6.04 Å². The van der Waals surface area contributed by atoms with Crippen LogP contribution in [0.5, 0.6) is 5.75 Å². The third-order valence-corrected chi connectivity index (χ3v) is 4.02. The van der Waals surface area contributed by atoms with Gasteiger partial charge < -0.3 is 10.1 Å². The van der Waals surface area contributed by atoms with Crippen molar-refractivity contribution in [2.45, 2.75) is 50.7 Å². The summed E-state index contributed by atoms with van der Waals surface area (Å²) in [5, 5.41) is 2.57. The van der Waals surface area contributed by atoms with E-state index in [0.29, 0.717) is 18.4 Å². The molecule has 1 aromatic carbocycles. The first-order chi connectivity index (χ1) is 11.5. The quantitative estimate of drug-likeness (QED) is 0.801. The van der Waals surface area contributed by atoms with Crippen molar-refractivity contribution in [2.24, 2.45) is 5.92 Å². The van der Waals surface area contributed by atoms with Crippen LogP contribution >= 0.6 is 0 Å². The van der Waals surface area contributed by atoms with Gasteiger partial charge in [-0.05, 0) is 37.0 Å². The van der Waals surface area contributed by atoms with Gasteiger partial charge in [-0.25, -0.2) is 0 Å². The number of alkyl halides is 6. The minimum atomic E-state index is -4.80. The van der Waals surface area contributed by atoms with Gasteiger partial charge in [-0.15, -0.1) is 13.2 Å². The molecule has 0 saturated heterocycles. The van der Waals surface area contributed by atoms with Crippen LogP contribution in [0, 0.1) is 5.92 Å². The molecule has 0 aromatic heterocycles. The summed E-state index contributed by atoms with van der Waals surface area (Å²) in [6.07, 6.45) is -8.40. The molecule has 25 heavy (non-hydrogen) atoms. The fourth-order valence-corrected chi connectivity index (χ4v) is 2.89. The molecule has 0 aliphatic heterocycles. The molecule has 0 spiro atoms. The molecule has 140 valence electrons. The van der Waals surface area contributed by atoms with E-state index in [0.717, 1.165) is 12.1 Å². The average molecular weight is 369 g/mol. The lowest BCUT2D eigenvalue weighted by molar-refractivity contribution is -0.274. The van der Waals surface area contributed by atoms with E-state index in [1.165, 1.54) is 12.1 Å². The first-order valence-electron chi connectivity index (χ1n) is 7.74. The number of hydrogen-bond acceptors (Lipinski definition) is 2. The van der Waals surface area contributed by atoms with E-state index >= 15 is 0 Å². The largest absolute Gasteiger partial charge is 0.573 e. The monoisotopic (exact) mass is 369 g/mol. The lowest BCUT2D eigenvalue weighted by Gasteiger charge is -2.31. The normalized spacial score (nSPS) is 21.7. The van der Waals surface area contributed by atoms with Gasteiger partial charge in [-0.2, -0.15) is 13.2 Å². The first-order valence-corrected chi connectivity index (χ1v) is 7.74. The second-order valence-electron chi connectivity index (χ2n) is 6.04. The summed E-state index contributed by atoms with van der Waals surface area (Å²) >= 11 is 0. The van der Waals surface area contributed by atoms with Crippen molar-refractivity contribution in [1.29, 1.82) is 0 Å². The van der Waals surface area contributed by atoms with Crippen LogP contribution in [0.1, 0.15) is 31.2 Å². The van der Waals surface area contributed by atoms with E-state index in [2.05, 4.69) is 10.1 Å². The van der Waals surface area contributed by atoms with Gasteiger partial charge in [0.15, 0.2) is 0 Å². The molecule has 0 unspecified atom stereocenters. The second kappa shape index (κ2) is 7.53. The van der Waals surface area contributed by atoms with Gasteiger partial charge in [-0.1, -0.05) is 18.6 Å². The van der Waals surface area contributed by atoms with E-state index in [1.807, 2.05) is 0 Å². The van der Waals surface area contributed by atoms with Crippen molar-refractivity contribution in [3.63, 3.8) is 0 Å². The number of carbonyl (C=O) groups excluding carboxylic acids is 1. The number of carbonyl (C=O) groups is 1. The van der Waals surface area contributed by atoms with Crippen LogP contribution in [0.2, 0.25) is 0 Å². The Morgan fingerprint density at radius 1 is 1.08 bits per heavy atom. The zero-order chi connectivity index (χ0) is 18.7. The van der Waals surface area contributed by atoms with Crippen LogP contribution in [0.15, 0.2) is 24.3 Å². The van der Waals surface area contributed by atoms with Gasteiger partial charge >= 0.3 is 12.5 Å². The summed E-state index contributed by atoms with van der Waals surface area (Å²) in [6, 6.07) is 4.23. The Morgan fingerprint density at radius 2 is 1.72 bits per heavy atom. The lowest BCUT2D eigenvalue weighted by Crippen LogP contribution is -2.42. The molecular formula is C16H17F6NO2. The molecule has 1 N–H and O–H groups in total. The Morgan fingerprint density at radius 3 is 2.28 bits per heavy atom. The van der Waals surface area contributed by atoms with Crippen molar-refractivity contribution < 1.29 is 35.9 Å². The number of benzene rings is 1. The van der Waals surface area contributed by atoms with Crippen molar-refractivity contribution >= 4 is 5.91 Å². The molecular weight excluding hydrogens is 352 g/mol. The van der Waals surface area contributed by atoms with E-state index in [-0.39, 0.29) is 19.3 Å². The Hall–Kier alpha value is -1.93. The molecule has 1 amide bonds. The maximum atomic E-state index is 12.7. The number of halogens is 6. The molecule has 1 aliphatic rings. The molecule has 1 fully saturated rings. The number of ether oxygens (including phenoxy) is 1. The summed E-state index contributed by atoms with van der Waals surface area (Å²) in [5.41, 5.74) is 0.440. The minimum Gasteiger partial charge on any atom is -0.406 e. The molecule has 9 heteroatoms. The van der Waals surface area contributed by atoms with Crippen LogP contribution in [-0.4, -0.2) is 24.5 Å². The van der Waals surface area contributed by atoms with E-state index in [9.17, 15) is 31.1 Å². The molecule has 1 aliphatic carbocycles. The van der Waals surface area contributed by atoms with Crippen LogP contribution in [0.4, 0.5) is 26.3 Å². The Bertz CT molecular complexity index is 582. The molecule has 0 radical (unpaired) electrons. The molecule has 3 nitrogen and oxygen atoms in total. The Balaban J connectivity index is 1.85. The van der Waals surface area contributed by atoms with Crippen LogP contribution in [0.25, 0.3) is 0 Å². The molecule has 2 atom stereocenters. The van der Waals surface area contributed by atoms with Crippen molar-refractivity contribution in [3.05, 3.63) is 29.8 Å². The van der Waals surface area contributed by atoms with E-state index in [4.69, 9.17) is 0 Å². The average Bonchev–Trinajstić information content (AvgIpc) is 2.47. The summed E-state index contributed by atoms with van der Waals surface area (Å²) in [6.45, 7) is 0. The molecule has 1 saturated carbocycles. The fourth-order valence-electron chi connectivity index (χ4n) is 2.89. The SMILES string of the molecule is O=C(Cc1ccc(OC(F)(F)F)cc1)N[C@H]1CCC[C@H](C(F)(F)F)C1. The topological polar surface area (TPSA) is 38.3 Å². The Kier molecular flexibility index (Phi) is 5.84. The second-order valence-corrected chi connectivity index (χ2v) is 6.04. The van der Waals surface area contributed by atoms with Gasteiger partial charge in [0.2, 0.25) is 5.91 Å². The highest BCUT2D eigenvalue weighted by atomic mass is 19.4. The number of nitrogens with one attached hydrogen (secondary N) is 1. The summed E-state index contributed by atoms with van der Waals surface area (Å²) in [5.74, 6) is -2.28. The van der Waals surface area contributed by atoms with Crippen molar-refractivity contribution in [3.8, 4) is 5.75 Å². The minimum absolute atomic E-state index is 0.0660.